The number of amidine groups is 1. The smallest absolute Gasteiger partial charge is 0.239 e. The average molecular weight is 399 g/mol. The lowest BCUT2D eigenvalue weighted by atomic mass is 10.2. The first-order valence-electron chi connectivity index (χ1n) is 8.56. The normalized spacial score (nSPS) is 13.9. The second-order valence-electron chi connectivity index (χ2n) is 5.93. The summed E-state index contributed by atoms with van der Waals surface area (Å²) in [5.74, 6) is -0.543. The van der Waals surface area contributed by atoms with Crippen LogP contribution in [0.4, 0.5) is 5.69 Å². The zero-order chi connectivity index (χ0) is 18.8. The SMILES string of the molecule is Cl.N=C(N)c1cccc(NCC(=O)NCC(=O)NCCN2CCOCC2)c1. The standard InChI is InChI=1S/C17H26N6O3.ClH/c18-17(19)13-2-1-3-14(10-13)21-11-16(25)22-12-15(24)20-4-5-23-6-8-26-9-7-23;/h1-3,10,21H,4-9,11-12H2,(H3,18,19)(H,20,24)(H,22,25);1H. The second kappa shape index (κ2) is 12.1. The molecule has 2 rings (SSSR count). The van der Waals surface area contributed by atoms with Gasteiger partial charge in [-0.2, -0.15) is 0 Å². The van der Waals surface area contributed by atoms with Gasteiger partial charge in [0.15, 0.2) is 0 Å². The van der Waals surface area contributed by atoms with Gasteiger partial charge in [-0.15, -0.1) is 12.4 Å². The number of nitrogens with zero attached hydrogens (tertiary/aromatic N) is 1. The van der Waals surface area contributed by atoms with Crippen LogP contribution in [0.5, 0.6) is 0 Å². The molecule has 0 bridgehead atoms. The van der Waals surface area contributed by atoms with E-state index in [2.05, 4.69) is 20.9 Å². The number of halogens is 1. The van der Waals surface area contributed by atoms with Crippen molar-refractivity contribution in [3.63, 3.8) is 0 Å². The molecule has 0 aromatic heterocycles. The van der Waals surface area contributed by atoms with E-state index in [4.69, 9.17) is 15.9 Å². The number of anilines is 1. The number of nitrogen functional groups attached to an aromatic ring is 1. The van der Waals surface area contributed by atoms with Gasteiger partial charge in [0.05, 0.1) is 26.3 Å². The maximum absolute atomic E-state index is 11.8. The van der Waals surface area contributed by atoms with E-state index in [1.165, 1.54) is 0 Å². The van der Waals surface area contributed by atoms with Crippen LogP contribution >= 0.6 is 12.4 Å². The first-order chi connectivity index (χ1) is 12.5. The number of hydrogen-bond acceptors (Lipinski definition) is 6. The molecule has 0 radical (unpaired) electrons. The monoisotopic (exact) mass is 398 g/mol. The molecule has 0 saturated carbocycles. The Morgan fingerprint density at radius 2 is 1.85 bits per heavy atom. The Morgan fingerprint density at radius 3 is 2.56 bits per heavy atom. The van der Waals surface area contributed by atoms with E-state index >= 15 is 0 Å². The van der Waals surface area contributed by atoms with Crippen LogP contribution < -0.4 is 21.7 Å². The molecule has 0 spiro atoms. The molecule has 9 nitrogen and oxygen atoms in total. The lowest BCUT2D eigenvalue weighted by molar-refractivity contribution is -0.125. The van der Waals surface area contributed by atoms with Crippen LogP contribution in [0.2, 0.25) is 0 Å². The fraction of sp³-hybridized carbons (Fsp3) is 0.471. The summed E-state index contributed by atoms with van der Waals surface area (Å²) in [7, 11) is 0. The fourth-order valence-electron chi connectivity index (χ4n) is 2.46. The van der Waals surface area contributed by atoms with Gasteiger partial charge in [-0.05, 0) is 12.1 Å². The molecular formula is C17H27ClN6O3. The number of morpholine rings is 1. The lowest BCUT2D eigenvalue weighted by Gasteiger charge is -2.26. The van der Waals surface area contributed by atoms with E-state index in [0.717, 1.165) is 32.8 Å². The minimum atomic E-state index is -0.290. The van der Waals surface area contributed by atoms with E-state index in [1.54, 1.807) is 24.3 Å². The number of benzene rings is 1. The number of hydrogen-bond donors (Lipinski definition) is 5. The molecule has 0 unspecified atom stereocenters. The predicted octanol–water partition coefficient (Wildman–Crippen LogP) is -0.631. The largest absolute Gasteiger partial charge is 0.384 e. The minimum Gasteiger partial charge on any atom is -0.384 e. The minimum absolute atomic E-state index is 0. The molecule has 2 amide bonds. The van der Waals surface area contributed by atoms with Gasteiger partial charge in [-0.25, -0.2) is 0 Å². The Kier molecular flexibility index (Phi) is 10.2. The Balaban J connectivity index is 0.00000364. The second-order valence-corrected chi connectivity index (χ2v) is 5.93. The molecule has 1 saturated heterocycles. The van der Waals surface area contributed by atoms with Crippen LogP contribution in [0.3, 0.4) is 0 Å². The molecule has 1 heterocycles. The molecule has 10 heteroatoms. The van der Waals surface area contributed by atoms with Gasteiger partial charge in [0.1, 0.15) is 5.84 Å². The summed E-state index contributed by atoms with van der Waals surface area (Å²) in [6, 6.07) is 6.93. The first kappa shape index (κ1) is 22.7. The number of carbonyl (C=O) groups excluding carboxylic acids is 2. The topological polar surface area (TPSA) is 133 Å². The molecule has 0 atom stereocenters. The van der Waals surface area contributed by atoms with Gasteiger partial charge in [0.2, 0.25) is 11.8 Å². The van der Waals surface area contributed by atoms with Crippen LogP contribution in [0, 0.1) is 5.41 Å². The van der Waals surface area contributed by atoms with Gasteiger partial charge >= 0.3 is 0 Å². The Labute approximate surface area is 164 Å². The van der Waals surface area contributed by atoms with Gasteiger partial charge in [-0.1, -0.05) is 12.1 Å². The summed E-state index contributed by atoms with van der Waals surface area (Å²) in [4.78, 5) is 25.8. The highest BCUT2D eigenvalue weighted by Crippen LogP contribution is 2.09. The maximum atomic E-state index is 11.8. The Hall–Kier alpha value is -2.36. The van der Waals surface area contributed by atoms with Crippen LogP contribution in [0.15, 0.2) is 24.3 Å². The van der Waals surface area contributed by atoms with Crippen molar-refractivity contribution in [2.45, 2.75) is 0 Å². The Morgan fingerprint density at radius 1 is 1.15 bits per heavy atom. The van der Waals surface area contributed by atoms with Crippen molar-refractivity contribution in [1.82, 2.24) is 15.5 Å². The molecule has 6 N–H and O–H groups in total. The number of nitrogens with one attached hydrogen (secondary N) is 4. The van der Waals surface area contributed by atoms with E-state index in [0.29, 0.717) is 17.8 Å². The summed E-state index contributed by atoms with van der Waals surface area (Å²) in [5.41, 5.74) is 6.69. The van der Waals surface area contributed by atoms with Crippen LogP contribution in [0.1, 0.15) is 5.56 Å². The molecule has 150 valence electrons. The molecule has 1 fully saturated rings. The highest BCUT2D eigenvalue weighted by molar-refractivity contribution is 5.96. The van der Waals surface area contributed by atoms with E-state index in [9.17, 15) is 9.59 Å². The highest BCUT2D eigenvalue weighted by Gasteiger charge is 2.10. The third kappa shape index (κ3) is 8.72. The third-order valence-corrected chi connectivity index (χ3v) is 3.93. The highest BCUT2D eigenvalue weighted by atomic mass is 35.5. The molecule has 0 aliphatic carbocycles. The van der Waals surface area contributed by atoms with Crippen molar-refractivity contribution in [2.75, 3.05) is 57.8 Å². The van der Waals surface area contributed by atoms with Crippen molar-refractivity contribution < 1.29 is 14.3 Å². The third-order valence-electron chi connectivity index (χ3n) is 3.93. The quantitative estimate of drug-likeness (QED) is 0.278. The van der Waals surface area contributed by atoms with Crippen LogP contribution in [0.25, 0.3) is 0 Å². The van der Waals surface area contributed by atoms with Crippen molar-refractivity contribution in [2.24, 2.45) is 5.73 Å². The van der Waals surface area contributed by atoms with E-state index in [1.807, 2.05) is 0 Å². The zero-order valence-electron chi connectivity index (χ0n) is 15.1. The first-order valence-corrected chi connectivity index (χ1v) is 8.56. The predicted molar refractivity (Wildman–Crippen MR) is 106 cm³/mol. The lowest BCUT2D eigenvalue weighted by Crippen LogP contribution is -2.44. The molecule has 1 aromatic rings. The summed E-state index contributed by atoms with van der Waals surface area (Å²) in [6.07, 6.45) is 0. The van der Waals surface area contributed by atoms with E-state index in [-0.39, 0.29) is 43.1 Å². The molecule has 27 heavy (non-hydrogen) atoms. The number of amides is 2. The number of nitrogens with two attached hydrogens (primary N) is 1. The fourth-order valence-corrected chi connectivity index (χ4v) is 2.46. The van der Waals surface area contributed by atoms with Gasteiger partial charge < -0.3 is 26.4 Å². The van der Waals surface area contributed by atoms with E-state index < -0.39 is 0 Å². The number of ether oxygens (including phenoxy) is 1. The Bertz CT molecular complexity index is 637. The van der Waals surface area contributed by atoms with Crippen molar-refractivity contribution >= 4 is 35.7 Å². The number of carbonyl (C=O) groups is 2. The zero-order valence-corrected chi connectivity index (χ0v) is 15.9. The van der Waals surface area contributed by atoms with Gasteiger partial charge in [-0.3, -0.25) is 19.9 Å². The van der Waals surface area contributed by atoms with Crippen molar-refractivity contribution in [3.8, 4) is 0 Å². The van der Waals surface area contributed by atoms with Gasteiger partial charge in [0, 0.05) is 37.4 Å². The molecule has 1 aliphatic rings. The molecule has 1 aromatic carbocycles. The number of rotatable bonds is 9. The molecular weight excluding hydrogens is 372 g/mol. The van der Waals surface area contributed by atoms with Crippen LogP contribution in [-0.2, 0) is 14.3 Å². The van der Waals surface area contributed by atoms with Crippen molar-refractivity contribution in [3.05, 3.63) is 29.8 Å². The maximum Gasteiger partial charge on any atom is 0.239 e. The van der Waals surface area contributed by atoms with Crippen LogP contribution in [-0.4, -0.2) is 75.0 Å². The molecule has 1 aliphatic heterocycles. The van der Waals surface area contributed by atoms with Crippen molar-refractivity contribution in [1.29, 1.82) is 5.41 Å². The van der Waals surface area contributed by atoms with Gasteiger partial charge in [0.25, 0.3) is 0 Å². The average Bonchev–Trinajstić information content (AvgIpc) is 2.66. The summed E-state index contributed by atoms with van der Waals surface area (Å²) >= 11 is 0. The summed E-state index contributed by atoms with van der Waals surface area (Å²) in [6.45, 7) is 4.51. The summed E-state index contributed by atoms with van der Waals surface area (Å²) < 4.78 is 5.27. The summed E-state index contributed by atoms with van der Waals surface area (Å²) in [5, 5.41) is 15.7.